The van der Waals surface area contributed by atoms with Gasteiger partial charge in [0.1, 0.15) is 0 Å². The molecule has 22 rings (SSSR count). The molecule has 1 heteroatoms. The predicted octanol–water partition coefficient (Wildman–Crippen LogP) is 37.0. The van der Waals surface area contributed by atoms with Crippen molar-refractivity contribution in [1.29, 1.82) is 0 Å². The number of hydrogen-bond donors (Lipinski definition) is 0. The van der Waals surface area contributed by atoms with E-state index < -0.39 is 0 Å². The van der Waals surface area contributed by atoms with Crippen molar-refractivity contribution in [2.75, 3.05) is 0 Å². The Hall–Kier alpha value is -12.3. The molecule has 0 aliphatic heterocycles. The lowest BCUT2D eigenvalue weighted by Crippen LogP contribution is -2.25. The Labute approximate surface area is 780 Å². The number of benzene rings is 15. The third-order valence-electron chi connectivity index (χ3n) is 32.8. The van der Waals surface area contributed by atoms with Gasteiger partial charge in [0.15, 0.2) is 0 Å². The molecular weight excluding hydrogens is 1580 g/mol. The molecule has 1 nitrogen and oxygen atoms in total. The van der Waals surface area contributed by atoms with E-state index in [2.05, 4.69) is 379 Å². The maximum Gasteiger partial charge on any atom is 0.0780 e. The van der Waals surface area contributed by atoms with Crippen LogP contribution < -0.4 is 0 Å². The summed E-state index contributed by atoms with van der Waals surface area (Å²) < 4.78 is 0. The number of nitrogens with zero attached hydrogens (tertiary/aromatic N) is 1. The van der Waals surface area contributed by atoms with E-state index in [1.807, 2.05) is 6.20 Å². The second-order valence-electron chi connectivity index (χ2n) is 41.5. The highest BCUT2D eigenvalue weighted by Gasteiger charge is 2.46. The van der Waals surface area contributed by atoms with Gasteiger partial charge in [0.2, 0.25) is 0 Å². The Balaban J connectivity index is 0.552. The van der Waals surface area contributed by atoms with Crippen molar-refractivity contribution in [2.45, 2.75) is 238 Å². The lowest BCUT2D eigenvalue weighted by atomic mass is 9.70. The van der Waals surface area contributed by atoms with Gasteiger partial charge in [0.25, 0.3) is 0 Å². The van der Waals surface area contributed by atoms with E-state index in [0.717, 1.165) is 22.2 Å². The standard InChI is InChI=1S/C130H125N/c1-12-16-20-30-64-129(65-31-21-17-13-2)115-41-28-26-39-103(115)111-61-50-93(81-123(111)129)91-48-58-107-105-55-45-88(75-117(105)126(6,7)120(107)78-91)86-43-53-101-102-54-44-87(74-114(102)83(5)113(101)73-86)98-70-97(85-36-34-37-96(69-85)125-100-38-25-24-35-84(100)63-68-131-125)71-99(72-98)95-52-60-110-109-57-47-90(77-119(109)128(10,11)122(110)80-95)89-46-56-106-108-59-49-92(79-121(108)127(8,9)118(106)76-89)94-51-62-112-104-40-27-29-42-116(104)130(124(112)82-94,66-32-22-18-14-3)67-33-23-19-15-4/h24-29,34-63,68-83H,12-23,30-33,64-67H2,1-11H3. The van der Waals surface area contributed by atoms with Gasteiger partial charge in [0.05, 0.1) is 5.69 Å². The Morgan fingerprint density at radius 2 is 0.481 bits per heavy atom. The molecule has 0 saturated heterocycles. The van der Waals surface area contributed by atoms with Crippen LogP contribution in [-0.2, 0) is 27.1 Å². The van der Waals surface area contributed by atoms with E-state index in [1.54, 1.807) is 22.3 Å². The minimum atomic E-state index is -0.268. The van der Waals surface area contributed by atoms with Gasteiger partial charge in [0, 0.05) is 50.1 Å². The van der Waals surface area contributed by atoms with Crippen molar-refractivity contribution in [1.82, 2.24) is 4.98 Å². The topological polar surface area (TPSA) is 12.9 Å². The zero-order valence-electron chi connectivity index (χ0n) is 79.1. The Kier molecular flexibility index (Phi) is 21.6. The van der Waals surface area contributed by atoms with Crippen molar-refractivity contribution in [2.24, 2.45) is 0 Å². The zero-order valence-corrected chi connectivity index (χ0v) is 79.1. The summed E-state index contributed by atoms with van der Waals surface area (Å²) in [6.07, 6.45) is 27.4. The van der Waals surface area contributed by atoms with Crippen LogP contribution in [0, 0.1) is 0 Å². The van der Waals surface area contributed by atoms with Gasteiger partial charge >= 0.3 is 0 Å². The van der Waals surface area contributed by atoms with Crippen molar-refractivity contribution in [3.8, 4) is 156 Å². The quantitative estimate of drug-likeness (QED) is 0.0446. The number of pyridine rings is 1. The molecule has 0 amide bonds. The normalized spacial score (nSPS) is 15.5. The minimum Gasteiger partial charge on any atom is -0.256 e. The van der Waals surface area contributed by atoms with Gasteiger partial charge in [-0.2, -0.15) is 0 Å². The number of unbranched alkanes of at least 4 members (excludes halogenated alkanes) is 12. The molecule has 0 N–H and O–H groups in total. The highest BCUT2D eigenvalue weighted by molar-refractivity contribution is 5.98. The molecule has 650 valence electrons. The Morgan fingerprint density at radius 3 is 0.840 bits per heavy atom. The van der Waals surface area contributed by atoms with E-state index in [0.29, 0.717) is 0 Å². The van der Waals surface area contributed by atoms with Crippen LogP contribution in [0.25, 0.3) is 167 Å². The van der Waals surface area contributed by atoms with Crippen molar-refractivity contribution >= 4 is 10.8 Å². The summed E-state index contributed by atoms with van der Waals surface area (Å²) >= 11 is 0. The first-order valence-electron chi connectivity index (χ1n) is 50.2. The first-order chi connectivity index (χ1) is 63.9. The Morgan fingerprint density at radius 1 is 0.214 bits per heavy atom. The van der Waals surface area contributed by atoms with E-state index in [9.17, 15) is 0 Å². The van der Waals surface area contributed by atoms with Crippen LogP contribution in [0.2, 0.25) is 0 Å². The molecule has 6 aliphatic rings. The first-order valence-corrected chi connectivity index (χ1v) is 50.2. The van der Waals surface area contributed by atoms with Crippen LogP contribution in [0.1, 0.15) is 277 Å². The van der Waals surface area contributed by atoms with Gasteiger partial charge in [-0.1, -0.05) is 391 Å². The number of fused-ring (bicyclic) bond motifs is 19. The van der Waals surface area contributed by atoms with Gasteiger partial charge in [-0.15, -0.1) is 0 Å². The summed E-state index contributed by atoms with van der Waals surface area (Å²) in [5, 5.41) is 2.35. The summed E-state index contributed by atoms with van der Waals surface area (Å²) in [5.41, 5.74) is 53.1. The second kappa shape index (κ2) is 33.5. The monoisotopic (exact) mass is 1700 g/mol. The average Bonchev–Trinajstić information content (AvgIpc) is 1.56. The summed E-state index contributed by atoms with van der Waals surface area (Å²) in [5.74, 6) is 0.195. The highest BCUT2D eigenvalue weighted by Crippen LogP contribution is 2.61. The fourth-order valence-corrected chi connectivity index (χ4v) is 25.5. The second-order valence-corrected chi connectivity index (χ2v) is 41.5. The van der Waals surface area contributed by atoms with Crippen molar-refractivity contribution in [3.05, 3.63) is 376 Å². The molecule has 15 aromatic carbocycles. The van der Waals surface area contributed by atoms with Crippen LogP contribution in [0.4, 0.5) is 0 Å². The molecular formula is C130H125N. The molecule has 131 heavy (non-hydrogen) atoms. The fraction of sp³-hybridized carbons (Fsp3) is 0.285. The number of rotatable bonds is 28. The number of hydrogen-bond acceptors (Lipinski definition) is 1. The Bertz CT molecular complexity index is 7190. The summed E-state index contributed by atoms with van der Waals surface area (Å²) in [6, 6.07) is 120. The van der Waals surface area contributed by atoms with E-state index in [1.165, 1.54) is 317 Å². The predicted molar refractivity (Wildman–Crippen MR) is 558 cm³/mol. The third-order valence-corrected chi connectivity index (χ3v) is 32.8. The minimum absolute atomic E-state index is 0.0468. The average molecular weight is 1700 g/mol. The zero-order chi connectivity index (χ0) is 89.2. The fourth-order valence-electron chi connectivity index (χ4n) is 25.5. The summed E-state index contributed by atoms with van der Waals surface area (Å²) in [7, 11) is 0. The lowest BCUT2D eigenvalue weighted by Gasteiger charge is -2.33. The van der Waals surface area contributed by atoms with Crippen LogP contribution in [0.15, 0.2) is 310 Å². The molecule has 16 aromatic rings. The SMILES string of the molecule is CCCCCCC1(CCCCCC)c2ccccc2-c2ccc(-c3ccc4c(c3)C(C)(C)c3cc(-c5ccc6c(c5)C(C)c5cc(-c7cc(-c8cccc(-c9nccc%10ccccc9%10)c8)cc(-c8ccc9c(c8)C(C)(C)c8cc(-c%10ccc%11c(c%10)C(C)(C)c%10cc(-c%12ccc%13c(c%12)C(CCCCCC)(CCCCCC)c%12ccccc%12-%13)ccc%10-%11)ccc8-9)c7)ccc5-6)ccc3-4)cc21. The van der Waals surface area contributed by atoms with Crippen LogP contribution >= 0.6 is 0 Å². The molecule has 1 atom stereocenters. The molecule has 1 heterocycles. The molecule has 1 aromatic heterocycles. The van der Waals surface area contributed by atoms with Gasteiger partial charge in [-0.05, 0) is 333 Å². The molecule has 0 bridgehead atoms. The van der Waals surface area contributed by atoms with E-state index >= 15 is 0 Å². The van der Waals surface area contributed by atoms with Gasteiger partial charge < -0.3 is 0 Å². The summed E-state index contributed by atoms with van der Waals surface area (Å²) in [6.45, 7) is 26.6. The van der Waals surface area contributed by atoms with Gasteiger partial charge in [-0.25, -0.2) is 0 Å². The van der Waals surface area contributed by atoms with Crippen molar-refractivity contribution in [3.63, 3.8) is 0 Å². The van der Waals surface area contributed by atoms with Crippen LogP contribution in [0.5, 0.6) is 0 Å². The molecule has 0 fully saturated rings. The highest BCUT2D eigenvalue weighted by atomic mass is 14.7. The third kappa shape index (κ3) is 14.1. The van der Waals surface area contributed by atoms with Crippen molar-refractivity contribution < 1.29 is 0 Å². The van der Waals surface area contributed by atoms with E-state index in [-0.39, 0.29) is 33.0 Å². The van der Waals surface area contributed by atoms with Crippen LogP contribution in [-0.4, -0.2) is 4.98 Å². The number of aromatic nitrogens is 1. The maximum absolute atomic E-state index is 5.05. The molecule has 0 saturated carbocycles. The smallest absolute Gasteiger partial charge is 0.0780 e. The lowest BCUT2D eigenvalue weighted by molar-refractivity contribution is 0.401. The molecule has 0 spiro atoms. The summed E-state index contributed by atoms with van der Waals surface area (Å²) in [4.78, 5) is 5.05. The molecule has 0 radical (unpaired) electrons. The first kappa shape index (κ1) is 84.3. The molecule has 6 aliphatic carbocycles. The van der Waals surface area contributed by atoms with Gasteiger partial charge in [-0.3, -0.25) is 4.98 Å². The van der Waals surface area contributed by atoms with E-state index in [4.69, 9.17) is 4.98 Å². The largest absolute Gasteiger partial charge is 0.256 e. The van der Waals surface area contributed by atoms with Crippen LogP contribution in [0.3, 0.4) is 0 Å². The molecule has 1 unspecified atom stereocenters. The maximum atomic E-state index is 5.05.